The Morgan fingerprint density at radius 1 is 1.15 bits per heavy atom. The summed E-state index contributed by atoms with van der Waals surface area (Å²) in [5.41, 5.74) is 2.93. The summed E-state index contributed by atoms with van der Waals surface area (Å²) in [6, 6.07) is 15.0. The number of hydrogen-bond donors (Lipinski definition) is 1. The number of ether oxygens (including phenoxy) is 1. The fourth-order valence-corrected chi connectivity index (χ4v) is 2.78. The molecule has 2 heterocycles. The molecule has 0 fully saturated rings. The number of nitrogens with zero attached hydrogens (tertiary/aromatic N) is 1. The smallest absolute Gasteiger partial charge is 0.352 e. The van der Waals surface area contributed by atoms with Crippen LogP contribution >= 0.6 is 0 Å². The molecule has 1 aromatic heterocycles. The highest BCUT2D eigenvalue weighted by molar-refractivity contribution is 5.97. The van der Waals surface area contributed by atoms with Crippen LogP contribution in [0.25, 0.3) is 16.6 Å². The summed E-state index contributed by atoms with van der Waals surface area (Å²) >= 11 is 0. The van der Waals surface area contributed by atoms with E-state index in [1.54, 1.807) is 10.6 Å². The van der Waals surface area contributed by atoms with Crippen molar-refractivity contribution in [3.8, 4) is 11.4 Å². The first kappa shape index (κ1) is 11.1. The third kappa shape index (κ3) is 1.39. The van der Waals surface area contributed by atoms with Crippen LogP contribution in [0.3, 0.4) is 0 Å². The van der Waals surface area contributed by atoms with Crippen LogP contribution in [-0.2, 0) is 6.61 Å². The fraction of sp³-hybridized carbons (Fsp3) is 0.0625. The molecular formula is C16H11NO3. The number of hydrogen-bond acceptors (Lipinski definition) is 2. The average molecular weight is 265 g/mol. The Labute approximate surface area is 114 Å². The normalized spacial score (nSPS) is 12.6. The minimum absolute atomic E-state index is 0.255. The van der Waals surface area contributed by atoms with E-state index in [1.165, 1.54) is 0 Å². The Morgan fingerprint density at radius 2 is 2.00 bits per heavy atom. The van der Waals surface area contributed by atoms with Gasteiger partial charge in [-0.25, -0.2) is 4.79 Å². The number of para-hydroxylation sites is 3. The fourth-order valence-electron chi connectivity index (χ4n) is 2.78. The van der Waals surface area contributed by atoms with Gasteiger partial charge in [0.2, 0.25) is 0 Å². The number of carbonyl (C=O) groups is 1. The molecule has 4 heteroatoms. The predicted octanol–water partition coefficient (Wildman–Crippen LogP) is 3.22. The van der Waals surface area contributed by atoms with Crippen molar-refractivity contribution in [3.05, 3.63) is 59.8 Å². The Bertz CT molecular complexity index is 848. The number of carboxylic acid groups (broad SMARTS) is 1. The van der Waals surface area contributed by atoms with Crippen LogP contribution < -0.4 is 4.74 Å². The second-order valence-electron chi connectivity index (χ2n) is 4.78. The molecule has 1 aliphatic heterocycles. The third-order valence-corrected chi connectivity index (χ3v) is 3.62. The molecule has 0 atom stereocenters. The summed E-state index contributed by atoms with van der Waals surface area (Å²) in [5.74, 6) is -0.243. The van der Waals surface area contributed by atoms with Gasteiger partial charge in [0.1, 0.15) is 18.1 Å². The predicted molar refractivity (Wildman–Crippen MR) is 74.6 cm³/mol. The van der Waals surface area contributed by atoms with Crippen molar-refractivity contribution in [2.24, 2.45) is 0 Å². The molecule has 0 aliphatic carbocycles. The highest BCUT2D eigenvalue weighted by Crippen LogP contribution is 2.35. The van der Waals surface area contributed by atoms with Crippen molar-refractivity contribution < 1.29 is 14.6 Å². The minimum atomic E-state index is -0.941. The van der Waals surface area contributed by atoms with Crippen molar-refractivity contribution in [1.29, 1.82) is 0 Å². The van der Waals surface area contributed by atoms with Crippen molar-refractivity contribution in [2.75, 3.05) is 0 Å². The molecule has 3 aromatic rings. The molecule has 0 amide bonds. The van der Waals surface area contributed by atoms with Gasteiger partial charge in [0, 0.05) is 10.9 Å². The quantitative estimate of drug-likeness (QED) is 0.735. The van der Waals surface area contributed by atoms with Crippen LogP contribution in [0.5, 0.6) is 5.75 Å². The van der Waals surface area contributed by atoms with Crippen molar-refractivity contribution in [3.63, 3.8) is 0 Å². The highest BCUT2D eigenvalue weighted by atomic mass is 16.5. The molecule has 0 unspecified atom stereocenters. The van der Waals surface area contributed by atoms with Gasteiger partial charge in [0.05, 0.1) is 11.2 Å². The second kappa shape index (κ2) is 3.87. The number of benzene rings is 2. The van der Waals surface area contributed by atoms with Gasteiger partial charge in [0.25, 0.3) is 0 Å². The van der Waals surface area contributed by atoms with Gasteiger partial charge in [-0.2, -0.15) is 0 Å². The van der Waals surface area contributed by atoms with Gasteiger partial charge in [-0.15, -0.1) is 0 Å². The molecule has 0 saturated heterocycles. The lowest BCUT2D eigenvalue weighted by molar-refractivity contribution is 0.0688. The van der Waals surface area contributed by atoms with E-state index >= 15 is 0 Å². The third-order valence-electron chi connectivity index (χ3n) is 3.62. The first-order chi connectivity index (χ1) is 9.75. The lowest BCUT2D eigenvalue weighted by Gasteiger charge is -2.10. The summed E-state index contributed by atoms with van der Waals surface area (Å²) in [6.45, 7) is 0.442. The standard InChI is InChI=1S/C16H11NO3/c18-16(19)13-8-10-4-3-5-11-9-20-14-7-2-1-6-12(14)17(13)15(10)11/h1-8H,9H2,(H,18,19). The lowest BCUT2D eigenvalue weighted by Crippen LogP contribution is -2.06. The van der Waals surface area contributed by atoms with Gasteiger partial charge in [0.15, 0.2) is 0 Å². The van der Waals surface area contributed by atoms with E-state index in [-0.39, 0.29) is 5.69 Å². The first-order valence-electron chi connectivity index (χ1n) is 6.34. The van der Waals surface area contributed by atoms with E-state index in [2.05, 4.69) is 0 Å². The topological polar surface area (TPSA) is 51.5 Å². The number of aromatic nitrogens is 1. The number of rotatable bonds is 1. The molecular weight excluding hydrogens is 254 g/mol. The number of fused-ring (bicyclic) bond motifs is 2. The molecule has 4 nitrogen and oxygen atoms in total. The summed E-state index contributed by atoms with van der Waals surface area (Å²) < 4.78 is 7.57. The monoisotopic (exact) mass is 265 g/mol. The molecule has 0 spiro atoms. The van der Waals surface area contributed by atoms with Crippen molar-refractivity contribution in [2.45, 2.75) is 6.61 Å². The van der Waals surface area contributed by atoms with Crippen LogP contribution in [0.2, 0.25) is 0 Å². The molecule has 0 radical (unpaired) electrons. The SMILES string of the molecule is O=C(O)c1cc2cccc3c2n1-c1ccccc1OC3. The van der Waals surface area contributed by atoms with Gasteiger partial charge >= 0.3 is 5.97 Å². The first-order valence-corrected chi connectivity index (χ1v) is 6.34. The Balaban J connectivity index is 2.20. The molecule has 1 aliphatic rings. The molecule has 0 bridgehead atoms. The molecule has 20 heavy (non-hydrogen) atoms. The number of aromatic carboxylic acids is 1. The zero-order valence-corrected chi connectivity index (χ0v) is 10.5. The van der Waals surface area contributed by atoms with Crippen molar-refractivity contribution >= 4 is 16.9 Å². The van der Waals surface area contributed by atoms with Crippen LogP contribution in [-0.4, -0.2) is 15.6 Å². The van der Waals surface area contributed by atoms with Crippen LogP contribution in [0, 0.1) is 0 Å². The van der Waals surface area contributed by atoms with E-state index in [1.807, 2.05) is 42.5 Å². The maximum atomic E-state index is 11.5. The minimum Gasteiger partial charge on any atom is -0.487 e. The average Bonchev–Trinajstić information content (AvgIpc) is 2.77. The highest BCUT2D eigenvalue weighted by Gasteiger charge is 2.22. The van der Waals surface area contributed by atoms with E-state index in [0.29, 0.717) is 12.4 Å². The van der Waals surface area contributed by atoms with E-state index in [4.69, 9.17) is 4.74 Å². The summed E-state index contributed by atoms with van der Waals surface area (Å²) in [6.07, 6.45) is 0. The zero-order chi connectivity index (χ0) is 13.7. The second-order valence-corrected chi connectivity index (χ2v) is 4.78. The Kier molecular flexibility index (Phi) is 2.15. The summed E-state index contributed by atoms with van der Waals surface area (Å²) in [5, 5.41) is 10.4. The summed E-state index contributed by atoms with van der Waals surface area (Å²) in [4.78, 5) is 11.5. The molecule has 2 aromatic carbocycles. The van der Waals surface area contributed by atoms with Crippen LogP contribution in [0.4, 0.5) is 0 Å². The molecule has 0 saturated carbocycles. The number of carboxylic acids is 1. The summed E-state index contributed by atoms with van der Waals surface area (Å²) in [7, 11) is 0. The van der Waals surface area contributed by atoms with E-state index < -0.39 is 5.97 Å². The molecule has 4 rings (SSSR count). The van der Waals surface area contributed by atoms with Gasteiger partial charge in [-0.3, -0.25) is 4.57 Å². The largest absolute Gasteiger partial charge is 0.487 e. The molecule has 98 valence electrons. The van der Waals surface area contributed by atoms with E-state index in [9.17, 15) is 9.90 Å². The Hall–Kier alpha value is -2.75. The van der Waals surface area contributed by atoms with Gasteiger partial charge in [-0.05, 0) is 18.2 Å². The van der Waals surface area contributed by atoms with Gasteiger partial charge in [-0.1, -0.05) is 30.3 Å². The van der Waals surface area contributed by atoms with Crippen LogP contribution in [0.1, 0.15) is 16.1 Å². The van der Waals surface area contributed by atoms with E-state index in [0.717, 1.165) is 22.2 Å². The molecule has 1 N–H and O–H groups in total. The Morgan fingerprint density at radius 3 is 2.85 bits per heavy atom. The van der Waals surface area contributed by atoms with Gasteiger partial charge < -0.3 is 9.84 Å². The maximum Gasteiger partial charge on any atom is 0.352 e. The van der Waals surface area contributed by atoms with Crippen LogP contribution in [0.15, 0.2) is 48.5 Å². The van der Waals surface area contributed by atoms with Crippen molar-refractivity contribution in [1.82, 2.24) is 4.57 Å². The lowest BCUT2D eigenvalue weighted by atomic mass is 10.1. The maximum absolute atomic E-state index is 11.5. The zero-order valence-electron chi connectivity index (χ0n) is 10.5.